The van der Waals surface area contributed by atoms with Crippen LogP contribution in [0.25, 0.3) is 43.9 Å². The summed E-state index contributed by atoms with van der Waals surface area (Å²) in [6, 6.07) is 12.2. The Balaban J connectivity index is 1.41. The zero-order valence-electron chi connectivity index (χ0n) is 21.7. The number of hydrogen-bond acceptors (Lipinski definition) is 7. The second kappa shape index (κ2) is 10.5. The van der Waals surface area contributed by atoms with Crippen LogP contribution >= 0.6 is 0 Å². The number of likely N-dealkylation sites (tertiary alicyclic amines) is 1. The molecule has 0 amide bonds. The minimum absolute atomic E-state index is 0.357. The topological polar surface area (TPSA) is 102 Å². The molecule has 5 heterocycles. The average molecular weight is 518 g/mol. The monoisotopic (exact) mass is 517 g/mol. The van der Waals surface area contributed by atoms with Gasteiger partial charge in [0.15, 0.2) is 17.0 Å². The maximum absolute atomic E-state index is 8.96. The number of piperidine rings is 1. The fourth-order valence-electron chi connectivity index (χ4n) is 5.30. The average Bonchev–Trinajstić information content (AvgIpc) is 3.61. The van der Waals surface area contributed by atoms with E-state index in [4.69, 9.17) is 26.5 Å². The van der Waals surface area contributed by atoms with Crippen LogP contribution in [-0.2, 0) is 7.05 Å². The Morgan fingerprint density at radius 3 is 2.85 bits per heavy atom. The van der Waals surface area contributed by atoms with Gasteiger partial charge in [-0.05, 0) is 31.0 Å². The van der Waals surface area contributed by atoms with Gasteiger partial charge in [0.1, 0.15) is 0 Å². The lowest BCUT2D eigenvalue weighted by atomic mass is 9.99. The molecule has 6 rings (SSSR count). The molecule has 194 valence electrons. The molecule has 1 fully saturated rings. The zero-order valence-corrected chi connectivity index (χ0v) is 21.7. The number of ether oxygens (including phenoxy) is 1. The predicted molar refractivity (Wildman–Crippen MR) is 147 cm³/mol. The standard InChI is InChI=1S/C29H27N9O/c1-31-24-8-6-21(7-9-24)26-25(22-15-23-17-34-36(2)27(23)33-16-22)28-32-11-14-38(28)29(35-26)39-19-20-5-3-12-37(18-20)13-4-10-30/h6-9,11,14-17,20H,3-5,12-13,18-19H2,2H3/t20-/m1/s1. The molecule has 1 atom stereocenters. The second-order valence-electron chi connectivity index (χ2n) is 9.83. The summed E-state index contributed by atoms with van der Waals surface area (Å²) in [5.41, 5.74) is 5.36. The van der Waals surface area contributed by atoms with E-state index in [0.717, 1.165) is 60.2 Å². The van der Waals surface area contributed by atoms with Gasteiger partial charge in [-0.1, -0.05) is 24.3 Å². The highest BCUT2D eigenvalue weighted by molar-refractivity contribution is 5.93. The normalized spacial score (nSPS) is 15.8. The number of imidazole rings is 1. The molecule has 0 unspecified atom stereocenters. The third-order valence-corrected chi connectivity index (χ3v) is 7.24. The Kier molecular flexibility index (Phi) is 6.62. The fourth-order valence-corrected chi connectivity index (χ4v) is 5.30. The molecule has 10 nitrogen and oxygen atoms in total. The maximum atomic E-state index is 8.96. The first-order valence-corrected chi connectivity index (χ1v) is 13.0. The number of benzene rings is 1. The lowest BCUT2D eigenvalue weighted by Crippen LogP contribution is -2.38. The third kappa shape index (κ3) is 4.78. The summed E-state index contributed by atoms with van der Waals surface area (Å²) in [6.07, 6.45) is 9.95. The van der Waals surface area contributed by atoms with E-state index in [1.165, 1.54) is 0 Å². The fraction of sp³-hybridized carbons (Fsp3) is 0.310. The van der Waals surface area contributed by atoms with Crippen molar-refractivity contribution in [3.8, 4) is 34.5 Å². The van der Waals surface area contributed by atoms with Crippen LogP contribution in [0.15, 0.2) is 55.1 Å². The number of hydrogen-bond donors (Lipinski definition) is 0. The van der Waals surface area contributed by atoms with Crippen LogP contribution in [-0.4, -0.2) is 60.3 Å². The van der Waals surface area contributed by atoms with Gasteiger partial charge in [0.2, 0.25) is 0 Å². The number of nitrogens with zero attached hydrogens (tertiary/aromatic N) is 9. The smallest absolute Gasteiger partial charge is 0.302 e. The molecule has 0 spiro atoms. The van der Waals surface area contributed by atoms with Crippen molar-refractivity contribution < 1.29 is 4.74 Å². The molecule has 0 bridgehead atoms. The van der Waals surface area contributed by atoms with Gasteiger partial charge in [0.25, 0.3) is 0 Å². The second-order valence-corrected chi connectivity index (χ2v) is 9.83. The quantitative estimate of drug-likeness (QED) is 0.283. The largest absolute Gasteiger partial charge is 0.464 e. The van der Waals surface area contributed by atoms with E-state index in [1.807, 2.05) is 36.0 Å². The SMILES string of the molecule is [C-]#[N+]c1ccc(-c2nc(OC[C@@H]3CCCN(CCC#N)C3)n3ccnc3c2-c2cnc3c(cnn3C)c2)cc1. The van der Waals surface area contributed by atoms with Crippen LogP contribution in [0.1, 0.15) is 19.3 Å². The summed E-state index contributed by atoms with van der Waals surface area (Å²) in [7, 11) is 1.87. The minimum Gasteiger partial charge on any atom is -0.464 e. The van der Waals surface area contributed by atoms with Crippen molar-refractivity contribution in [2.45, 2.75) is 19.3 Å². The highest BCUT2D eigenvalue weighted by Gasteiger charge is 2.23. The molecule has 0 N–H and O–H groups in total. The number of aryl methyl sites for hydroxylation is 1. The van der Waals surface area contributed by atoms with Gasteiger partial charge < -0.3 is 9.64 Å². The molecular weight excluding hydrogens is 490 g/mol. The molecule has 4 aromatic heterocycles. The van der Waals surface area contributed by atoms with E-state index in [0.29, 0.717) is 42.0 Å². The first kappa shape index (κ1) is 24.5. The third-order valence-electron chi connectivity index (χ3n) is 7.24. The van der Waals surface area contributed by atoms with Crippen molar-refractivity contribution in [2.24, 2.45) is 13.0 Å². The van der Waals surface area contributed by atoms with E-state index >= 15 is 0 Å². The van der Waals surface area contributed by atoms with Crippen molar-refractivity contribution >= 4 is 22.4 Å². The lowest BCUT2D eigenvalue weighted by Gasteiger charge is -2.31. The molecule has 0 radical (unpaired) electrons. The number of fused-ring (bicyclic) bond motifs is 2. The van der Waals surface area contributed by atoms with Crippen molar-refractivity contribution in [2.75, 3.05) is 26.2 Å². The molecule has 39 heavy (non-hydrogen) atoms. The number of aromatic nitrogens is 6. The van der Waals surface area contributed by atoms with Crippen LogP contribution in [0, 0.1) is 23.8 Å². The van der Waals surface area contributed by atoms with Crippen molar-refractivity contribution in [1.29, 1.82) is 5.26 Å². The Labute approximate surface area is 225 Å². The van der Waals surface area contributed by atoms with Crippen LogP contribution < -0.4 is 4.74 Å². The number of rotatable bonds is 7. The first-order valence-electron chi connectivity index (χ1n) is 13.0. The van der Waals surface area contributed by atoms with Crippen LogP contribution in [0.2, 0.25) is 0 Å². The molecule has 1 aliphatic heterocycles. The molecular formula is C29H27N9O. The van der Waals surface area contributed by atoms with Gasteiger partial charge in [-0.3, -0.25) is 9.08 Å². The zero-order chi connectivity index (χ0) is 26.8. The minimum atomic E-state index is 0.357. The Morgan fingerprint density at radius 1 is 1.15 bits per heavy atom. The first-order chi connectivity index (χ1) is 19.1. The van der Waals surface area contributed by atoms with E-state index in [9.17, 15) is 0 Å². The molecule has 1 saturated heterocycles. The Bertz CT molecular complexity index is 1720. The summed E-state index contributed by atoms with van der Waals surface area (Å²) < 4.78 is 10.0. The molecule has 0 aliphatic carbocycles. The van der Waals surface area contributed by atoms with Crippen molar-refractivity contribution in [3.63, 3.8) is 0 Å². The summed E-state index contributed by atoms with van der Waals surface area (Å²) in [4.78, 5) is 20.3. The molecule has 1 aliphatic rings. The van der Waals surface area contributed by atoms with Gasteiger partial charge >= 0.3 is 6.01 Å². The van der Waals surface area contributed by atoms with Crippen molar-refractivity contribution in [1.82, 2.24) is 34.0 Å². The Morgan fingerprint density at radius 2 is 2.03 bits per heavy atom. The summed E-state index contributed by atoms with van der Waals surface area (Å²) in [5.74, 6) is 0.357. The molecule has 1 aromatic carbocycles. The highest BCUT2D eigenvalue weighted by atomic mass is 16.5. The maximum Gasteiger partial charge on any atom is 0.302 e. The van der Waals surface area contributed by atoms with E-state index < -0.39 is 0 Å². The van der Waals surface area contributed by atoms with Gasteiger partial charge in [-0.25, -0.2) is 14.8 Å². The molecule has 0 saturated carbocycles. The van der Waals surface area contributed by atoms with Gasteiger partial charge in [-0.2, -0.15) is 15.3 Å². The summed E-state index contributed by atoms with van der Waals surface area (Å²) in [6.45, 7) is 10.6. The van der Waals surface area contributed by atoms with Crippen molar-refractivity contribution in [3.05, 3.63) is 66.5 Å². The van der Waals surface area contributed by atoms with E-state index in [1.54, 1.807) is 29.2 Å². The molecule has 5 aromatic rings. The van der Waals surface area contributed by atoms with Crippen LogP contribution in [0.4, 0.5) is 5.69 Å². The highest BCUT2D eigenvalue weighted by Crippen LogP contribution is 2.37. The Hall–Kier alpha value is -4.80. The van der Waals surface area contributed by atoms with Gasteiger partial charge in [0, 0.05) is 62.0 Å². The van der Waals surface area contributed by atoms with Gasteiger partial charge in [0.05, 0.1) is 36.7 Å². The van der Waals surface area contributed by atoms with Gasteiger partial charge in [-0.15, -0.1) is 0 Å². The van der Waals surface area contributed by atoms with E-state index in [2.05, 4.69) is 32.0 Å². The lowest BCUT2D eigenvalue weighted by molar-refractivity contribution is 0.126. The number of nitriles is 1. The summed E-state index contributed by atoms with van der Waals surface area (Å²) in [5, 5.41) is 14.2. The number of pyridine rings is 1. The van der Waals surface area contributed by atoms with E-state index in [-0.39, 0.29) is 0 Å². The summed E-state index contributed by atoms with van der Waals surface area (Å²) >= 11 is 0. The van der Waals surface area contributed by atoms with Crippen LogP contribution in [0.3, 0.4) is 0 Å². The molecule has 10 heteroatoms. The van der Waals surface area contributed by atoms with Crippen LogP contribution in [0.5, 0.6) is 6.01 Å². The predicted octanol–water partition coefficient (Wildman–Crippen LogP) is 4.90.